The third-order valence-electron chi connectivity index (χ3n) is 4.52. The van der Waals surface area contributed by atoms with E-state index in [-0.39, 0.29) is 19.1 Å². The van der Waals surface area contributed by atoms with Crippen molar-refractivity contribution in [2.75, 3.05) is 19.0 Å². The molecule has 32 heavy (non-hydrogen) atoms. The lowest BCUT2D eigenvalue weighted by molar-refractivity contribution is -0.118. The predicted octanol–water partition coefficient (Wildman–Crippen LogP) is 4.44. The number of ether oxygens (including phenoxy) is 2. The number of hydrogen-bond acceptors (Lipinski definition) is 6. The first-order chi connectivity index (χ1) is 15.6. The molecule has 0 unspecified atom stereocenters. The van der Waals surface area contributed by atoms with Crippen molar-refractivity contribution in [2.45, 2.75) is 13.5 Å². The van der Waals surface area contributed by atoms with Crippen LogP contribution in [0.15, 0.2) is 71.9 Å². The molecule has 0 aliphatic rings. The van der Waals surface area contributed by atoms with E-state index in [1.54, 1.807) is 30.3 Å². The third-order valence-corrected chi connectivity index (χ3v) is 4.52. The Kier molecular flexibility index (Phi) is 7.82. The molecular formula is C25H23N3O4. The van der Waals surface area contributed by atoms with Gasteiger partial charge in [0, 0.05) is 16.8 Å². The lowest BCUT2D eigenvalue weighted by Gasteiger charge is -2.11. The molecule has 1 amide bonds. The summed E-state index contributed by atoms with van der Waals surface area (Å²) in [6, 6.07) is 22.0. The molecule has 0 saturated carbocycles. The largest absolute Gasteiger partial charge is 0.493 e. The highest BCUT2D eigenvalue weighted by molar-refractivity contribution is 5.92. The van der Waals surface area contributed by atoms with Crippen LogP contribution in [0.25, 0.3) is 0 Å². The van der Waals surface area contributed by atoms with Gasteiger partial charge in [0.1, 0.15) is 6.61 Å². The second-order valence-electron chi connectivity index (χ2n) is 6.89. The lowest BCUT2D eigenvalue weighted by Crippen LogP contribution is -2.20. The van der Waals surface area contributed by atoms with Gasteiger partial charge >= 0.3 is 0 Å². The quantitative estimate of drug-likeness (QED) is 0.401. The number of rotatable bonds is 9. The number of aryl methyl sites for hydroxylation is 1. The number of methoxy groups -OCH3 is 1. The van der Waals surface area contributed by atoms with Crippen molar-refractivity contribution < 1.29 is 19.1 Å². The van der Waals surface area contributed by atoms with E-state index in [2.05, 4.69) is 16.5 Å². The number of carbonyl (C=O) groups is 1. The maximum absolute atomic E-state index is 12.1. The zero-order chi connectivity index (χ0) is 22.8. The summed E-state index contributed by atoms with van der Waals surface area (Å²) in [5.41, 5.74) is 3.87. The van der Waals surface area contributed by atoms with Crippen molar-refractivity contribution in [3.05, 3.63) is 89.0 Å². The van der Waals surface area contributed by atoms with Crippen molar-refractivity contribution in [2.24, 2.45) is 5.16 Å². The van der Waals surface area contributed by atoms with Gasteiger partial charge in [-0.05, 0) is 43.3 Å². The average molecular weight is 429 g/mol. The number of benzene rings is 3. The molecule has 3 aromatic rings. The molecule has 3 rings (SSSR count). The van der Waals surface area contributed by atoms with Crippen LogP contribution < -0.4 is 14.8 Å². The highest BCUT2D eigenvalue weighted by Crippen LogP contribution is 2.27. The number of hydrogen-bond donors (Lipinski definition) is 1. The maximum Gasteiger partial charge on any atom is 0.262 e. The van der Waals surface area contributed by atoms with Gasteiger partial charge in [0.05, 0.1) is 25.0 Å². The highest BCUT2D eigenvalue weighted by atomic mass is 16.6. The fraction of sp³-hybridized carbons (Fsp3) is 0.160. The van der Waals surface area contributed by atoms with E-state index in [9.17, 15) is 4.79 Å². The summed E-state index contributed by atoms with van der Waals surface area (Å²) >= 11 is 0. The standard InChI is InChI=1S/C25H23N3O4/c1-18-7-10-22(11-8-18)28-25(29)17-31-23-12-9-19(13-24(23)30-2)15-27-32-16-21-6-4-3-5-20(21)14-26/h3-13,15H,16-17H2,1-2H3,(H,28,29)/b27-15-. The number of nitrogens with zero attached hydrogens (tertiary/aromatic N) is 2. The number of carbonyl (C=O) groups excluding carboxylic acids is 1. The normalized spacial score (nSPS) is 10.4. The second kappa shape index (κ2) is 11.2. The zero-order valence-electron chi connectivity index (χ0n) is 17.9. The van der Waals surface area contributed by atoms with Gasteiger partial charge in [0.15, 0.2) is 18.1 Å². The Balaban J connectivity index is 1.54. The first-order valence-corrected chi connectivity index (χ1v) is 9.89. The molecular weight excluding hydrogens is 406 g/mol. The number of amides is 1. The molecule has 0 atom stereocenters. The average Bonchev–Trinajstić information content (AvgIpc) is 2.82. The SMILES string of the molecule is COc1cc(/C=N\OCc2ccccc2C#N)ccc1OCC(=O)Nc1ccc(C)cc1. The summed E-state index contributed by atoms with van der Waals surface area (Å²) in [7, 11) is 1.52. The first kappa shape index (κ1) is 22.4. The van der Waals surface area contributed by atoms with Gasteiger partial charge in [0.2, 0.25) is 0 Å². The number of anilines is 1. The fourth-order valence-electron chi connectivity index (χ4n) is 2.82. The van der Waals surface area contributed by atoms with Gasteiger partial charge in [-0.25, -0.2) is 0 Å². The smallest absolute Gasteiger partial charge is 0.262 e. The minimum atomic E-state index is -0.271. The van der Waals surface area contributed by atoms with E-state index in [1.807, 2.05) is 43.3 Å². The molecule has 0 saturated heterocycles. The Morgan fingerprint density at radius 3 is 2.62 bits per heavy atom. The van der Waals surface area contributed by atoms with E-state index >= 15 is 0 Å². The Morgan fingerprint density at radius 1 is 1.09 bits per heavy atom. The molecule has 0 aromatic heterocycles. The van der Waals surface area contributed by atoms with E-state index in [1.165, 1.54) is 13.3 Å². The summed E-state index contributed by atoms with van der Waals surface area (Å²) in [5.74, 6) is 0.632. The molecule has 1 N–H and O–H groups in total. The molecule has 0 heterocycles. The van der Waals surface area contributed by atoms with Crippen LogP contribution in [-0.4, -0.2) is 25.8 Å². The highest BCUT2D eigenvalue weighted by Gasteiger charge is 2.09. The molecule has 0 fully saturated rings. The fourth-order valence-corrected chi connectivity index (χ4v) is 2.82. The third kappa shape index (κ3) is 6.34. The number of oxime groups is 1. The maximum atomic E-state index is 12.1. The van der Waals surface area contributed by atoms with Gasteiger partial charge in [-0.2, -0.15) is 5.26 Å². The van der Waals surface area contributed by atoms with Crippen LogP contribution in [0.5, 0.6) is 11.5 Å². The Morgan fingerprint density at radius 2 is 1.88 bits per heavy atom. The Bertz CT molecular complexity index is 1130. The van der Waals surface area contributed by atoms with Gasteiger partial charge in [-0.15, -0.1) is 0 Å². The van der Waals surface area contributed by atoms with Gasteiger partial charge in [-0.1, -0.05) is 41.1 Å². The van der Waals surface area contributed by atoms with E-state index in [4.69, 9.17) is 19.6 Å². The van der Waals surface area contributed by atoms with Crippen LogP contribution >= 0.6 is 0 Å². The molecule has 0 aliphatic carbocycles. The lowest BCUT2D eigenvalue weighted by atomic mass is 10.1. The van der Waals surface area contributed by atoms with Crippen LogP contribution in [0.2, 0.25) is 0 Å². The van der Waals surface area contributed by atoms with Crippen LogP contribution in [0, 0.1) is 18.3 Å². The molecule has 0 bridgehead atoms. The van der Waals surface area contributed by atoms with Crippen molar-refractivity contribution >= 4 is 17.8 Å². The Labute approximate surface area is 186 Å². The molecule has 162 valence electrons. The van der Waals surface area contributed by atoms with Gasteiger partial charge in [-0.3, -0.25) is 4.79 Å². The van der Waals surface area contributed by atoms with Crippen LogP contribution in [-0.2, 0) is 16.2 Å². The minimum Gasteiger partial charge on any atom is -0.493 e. The Hall–Kier alpha value is -4.31. The van der Waals surface area contributed by atoms with Crippen LogP contribution in [0.3, 0.4) is 0 Å². The summed E-state index contributed by atoms with van der Waals surface area (Å²) in [6.07, 6.45) is 1.53. The van der Waals surface area contributed by atoms with Crippen LogP contribution in [0.4, 0.5) is 5.69 Å². The predicted molar refractivity (Wildman–Crippen MR) is 122 cm³/mol. The van der Waals surface area contributed by atoms with E-state index < -0.39 is 0 Å². The second-order valence-corrected chi connectivity index (χ2v) is 6.89. The van der Waals surface area contributed by atoms with E-state index in [0.717, 1.165) is 16.7 Å². The number of nitriles is 1. The van der Waals surface area contributed by atoms with Gasteiger partial charge in [0.25, 0.3) is 5.91 Å². The topological polar surface area (TPSA) is 92.9 Å². The van der Waals surface area contributed by atoms with Crippen molar-refractivity contribution in [3.8, 4) is 17.6 Å². The molecule has 0 spiro atoms. The van der Waals surface area contributed by atoms with E-state index in [0.29, 0.717) is 22.7 Å². The summed E-state index contributed by atoms with van der Waals surface area (Å²) < 4.78 is 11.0. The van der Waals surface area contributed by atoms with Gasteiger partial charge < -0.3 is 19.6 Å². The van der Waals surface area contributed by atoms with Crippen molar-refractivity contribution in [1.82, 2.24) is 0 Å². The molecule has 7 nitrogen and oxygen atoms in total. The molecule has 3 aromatic carbocycles. The molecule has 7 heteroatoms. The van der Waals surface area contributed by atoms with Crippen molar-refractivity contribution in [1.29, 1.82) is 5.26 Å². The van der Waals surface area contributed by atoms with Crippen molar-refractivity contribution in [3.63, 3.8) is 0 Å². The molecule has 0 aliphatic heterocycles. The van der Waals surface area contributed by atoms with Crippen LogP contribution in [0.1, 0.15) is 22.3 Å². The summed E-state index contributed by atoms with van der Waals surface area (Å²) in [4.78, 5) is 17.4. The zero-order valence-corrected chi connectivity index (χ0v) is 17.9. The summed E-state index contributed by atoms with van der Waals surface area (Å²) in [6.45, 7) is 2.02. The molecule has 0 radical (unpaired) electrons. The first-order valence-electron chi connectivity index (χ1n) is 9.89. The minimum absolute atomic E-state index is 0.154. The monoisotopic (exact) mass is 429 g/mol. The summed E-state index contributed by atoms with van der Waals surface area (Å²) in [5, 5.41) is 15.8. The number of nitrogens with one attached hydrogen (secondary N) is 1.